The molecule has 3 rings (SSSR count). The molecule has 0 bridgehead atoms. The predicted octanol–water partition coefficient (Wildman–Crippen LogP) is 2.33. The molecule has 1 saturated heterocycles. The van der Waals surface area contributed by atoms with Crippen LogP contribution >= 0.6 is 24.8 Å². The molecule has 2 saturated carbocycles. The number of halogens is 2. The van der Waals surface area contributed by atoms with Crippen molar-refractivity contribution in [3.05, 3.63) is 0 Å². The summed E-state index contributed by atoms with van der Waals surface area (Å²) >= 11 is 0. The van der Waals surface area contributed by atoms with Crippen molar-refractivity contribution in [1.82, 2.24) is 15.1 Å². The topological polar surface area (TPSA) is 78.7 Å². The highest BCUT2D eigenvalue weighted by Crippen LogP contribution is 2.28. The van der Waals surface area contributed by atoms with Crippen molar-refractivity contribution in [3.8, 4) is 0 Å². The number of hydrogen-bond donors (Lipinski definition) is 2. The number of nitrogens with zero attached hydrogens (tertiary/aromatic N) is 2. The van der Waals surface area contributed by atoms with Gasteiger partial charge in [-0.05, 0) is 31.6 Å². The summed E-state index contributed by atoms with van der Waals surface area (Å²) in [6.07, 6.45) is 9.64. The number of carbonyl (C=O) groups excluding carboxylic acids is 2. The van der Waals surface area contributed by atoms with Crippen LogP contribution in [-0.4, -0.2) is 65.9 Å². The molecule has 3 fully saturated rings. The molecule has 2 atom stereocenters. The Bertz CT molecular complexity index is 506. The molecule has 2 aliphatic carbocycles. The van der Waals surface area contributed by atoms with Crippen molar-refractivity contribution >= 4 is 36.6 Å². The second-order valence-corrected chi connectivity index (χ2v) is 8.82. The quantitative estimate of drug-likeness (QED) is 0.708. The second-order valence-electron chi connectivity index (χ2n) is 8.82. The number of nitrogens with one attached hydrogen (secondary N) is 1. The first-order chi connectivity index (χ1) is 12.5. The average Bonchev–Trinajstić information content (AvgIpc) is 2.62. The highest BCUT2D eigenvalue weighted by molar-refractivity contribution is 5.86. The Morgan fingerprint density at radius 3 is 2.25 bits per heavy atom. The highest BCUT2D eigenvalue weighted by atomic mass is 35.5. The first-order valence-electron chi connectivity index (χ1n) is 10.6. The van der Waals surface area contributed by atoms with Crippen LogP contribution in [-0.2, 0) is 9.59 Å². The lowest BCUT2D eigenvalue weighted by molar-refractivity contribution is -0.140. The van der Waals surface area contributed by atoms with Crippen LogP contribution in [0, 0.1) is 5.92 Å². The summed E-state index contributed by atoms with van der Waals surface area (Å²) in [5, 5.41) is 3.21. The Kier molecular flexibility index (Phi) is 10.5. The molecule has 0 radical (unpaired) electrons. The summed E-state index contributed by atoms with van der Waals surface area (Å²) in [5.74, 6) is 0.968. The number of nitrogens with two attached hydrogens (primary N) is 1. The van der Waals surface area contributed by atoms with Gasteiger partial charge in [0.05, 0.1) is 12.1 Å². The number of hydrogen-bond acceptors (Lipinski definition) is 4. The Hall–Kier alpha value is -0.560. The van der Waals surface area contributed by atoms with Crippen molar-refractivity contribution in [1.29, 1.82) is 0 Å². The Labute approximate surface area is 182 Å². The van der Waals surface area contributed by atoms with Gasteiger partial charge >= 0.3 is 0 Å². The third-order valence-electron chi connectivity index (χ3n) is 6.50. The fourth-order valence-electron chi connectivity index (χ4n) is 4.86. The molecule has 1 aliphatic heterocycles. The summed E-state index contributed by atoms with van der Waals surface area (Å²) in [5.41, 5.74) is 5.75. The molecule has 0 aromatic carbocycles. The van der Waals surface area contributed by atoms with Crippen LogP contribution in [0.5, 0.6) is 0 Å². The lowest BCUT2D eigenvalue weighted by Gasteiger charge is -2.41. The van der Waals surface area contributed by atoms with Crippen molar-refractivity contribution in [2.24, 2.45) is 11.7 Å². The fourth-order valence-corrected chi connectivity index (χ4v) is 4.86. The van der Waals surface area contributed by atoms with Gasteiger partial charge in [0.1, 0.15) is 0 Å². The van der Waals surface area contributed by atoms with E-state index in [0.29, 0.717) is 31.6 Å². The second kappa shape index (κ2) is 11.6. The SMILES string of the molecule is CC1CCCC(NC(=O)CN2CCN(C(=O)C3(N)CCCCC3)CC2)C1.Cl.Cl. The van der Waals surface area contributed by atoms with Crippen molar-refractivity contribution < 1.29 is 9.59 Å². The van der Waals surface area contributed by atoms with Gasteiger partial charge in [0.25, 0.3) is 0 Å². The third-order valence-corrected chi connectivity index (χ3v) is 6.50. The largest absolute Gasteiger partial charge is 0.352 e. The molecule has 2 amide bonds. The van der Waals surface area contributed by atoms with Crippen molar-refractivity contribution in [2.45, 2.75) is 76.3 Å². The molecule has 0 aromatic heterocycles. The Morgan fingerprint density at radius 1 is 1.00 bits per heavy atom. The zero-order chi connectivity index (χ0) is 18.6. The van der Waals surface area contributed by atoms with Crippen LogP contribution in [0.3, 0.4) is 0 Å². The maximum Gasteiger partial charge on any atom is 0.242 e. The maximum absolute atomic E-state index is 12.8. The first-order valence-corrected chi connectivity index (χ1v) is 10.6. The molecule has 2 unspecified atom stereocenters. The van der Waals surface area contributed by atoms with Crippen LogP contribution < -0.4 is 11.1 Å². The third kappa shape index (κ3) is 6.75. The number of piperazine rings is 1. The zero-order valence-corrected chi connectivity index (χ0v) is 18.8. The van der Waals surface area contributed by atoms with E-state index in [9.17, 15) is 9.59 Å². The van der Waals surface area contributed by atoms with E-state index in [2.05, 4.69) is 17.1 Å². The molecule has 3 N–H and O–H groups in total. The molecular formula is C20H38Cl2N4O2. The number of carbonyl (C=O) groups is 2. The molecule has 28 heavy (non-hydrogen) atoms. The predicted molar refractivity (Wildman–Crippen MR) is 117 cm³/mol. The maximum atomic E-state index is 12.8. The summed E-state index contributed by atoms with van der Waals surface area (Å²) in [6, 6.07) is 0.345. The van der Waals surface area contributed by atoms with Crippen LogP contribution in [0.4, 0.5) is 0 Å². The molecular weight excluding hydrogens is 399 g/mol. The van der Waals surface area contributed by atoms with Gasteiger partial charge < -0.3 is 16.0 Å². The zero-order valence-electron chi connectivity index (χ0n) is 17.2. The minimum absolute atomic E-state index is 0. The molecule has 8 heteroatoms. The van der Waals surface area contributed by atoms with Crippen molar-refractivity contribution in [3.63, 3.8) is 0 Å². The van der Waals surface area contributed by atoms with Gasteiger partial charge in [-0.15, -0.1) is 24.8 Å². The fraction of sp³-hybridized carbons (Fsp3) is 0.900. The summed E-state index contributed by atoms with van der Waals surface area (Å²) < 4.78 is 0. The van der Waals surface area contributed by atoms with Gasteiger partial charge in [-0.1, -0.05) is 39.0 Å². The smallest absolute Gasteiger partial charge is 0.242 e. The Morgan fingerprint density at radius 2 is 1.64 bits per heavy atom. The minimum atomic E-state index is -0.643. The summed E-state index contributed by atoms with van der Waals surface area (Å²) in [6.45, 7) is 5.61. The Balaban J connectivity index is 0.00000196. The van der Waals surface area contributed by atoms with E-state index in [0.717, 1.165) is 51.6 Å². The van der Waals surface area contributed by atoms with Gasteiger partial charge in [-0.25, -0.2) is 0 Å². The lowest BCUT2D eigenvalue weighted by Crippen LogP contribution is -2.60. The van der Waals surface area contributed by atoms with E-state index in [1.165, 1.54) is 19.3 Å². The van der Waals surface area contributed by atoms with E-state index >= 15 is 0 Å². The molecule has 1 heterocycles. The van der Waals surface area contributed by atoms with E-state index in [1.54, 1.807) is 0 Å². The van der Waals surface area contributed by atoms with E-state index in [1.807, 2.05) is 4.90 Å². The molecule has 0 spiro atoms. The van der Waals surface area contributed by atoms with E-state index in [-0.39, 0.29) is 36.6 Å². The lowest BCUT2D eigenvalue weighted by atomic mass is 9.81. The standard InChI is InChI=1S/C20H36N4O2.2ClH/c1-16-6-5-7-17(14-16)22-18(25)15-23-10-12-24(13-11-23)19(26)20(21)8-3-2-4-9-20;;/h16-17H,2-15,21H2,1H3,(H,22,25);2*1H. The molecule has 3 aliphatic rings. The number of amides is 2. The van der Waals surface area contributed by atoms with Crippen LogP contribution in [0.15, 0.2) is 0 Å². The molecule has 0 aromatic rings. The average molecular weight is 437 g/mol. The number of rotatable bonds is 4. The van der Waals surface area contributed by atoms with Gasteiger partial charge in [0.15, 0.2) is 0 Å². The van der Waals surface area contributed by atoms with Gasteiger partial charge in [-0.3, -0.25) is 14.5 Å². The van der Waals surface area contributed by atoms with Gasteiger partial charge in [0.2, 0.25) is 11.8 Å². The summed E-state index contributed by atoms with van der Waals surface area (Å²) in [7, 11) is 0. The molecule has 164 valence electrons. The van der Waals surface area contributed by atoms with Crippen LogP contribution in [0.1, 0.15) is 64.7 Å². The van der Waals surface area contributed by atoms with E-state index < -0.39 is 5.54 Å². The van der Waals surface area contributed by atoms with Crippen LogP contribution in [0.25, 0.3) is 0 Å². The summed E-state index contributed by atoms with van der Waals surface area (Å²) in [4.78, 5) is 29.2. The first kappa shape index (κ1) is 25.5. The van der Waals surface area contributed by atoms with Gasteiger partial charge in [0, 0.05) is 32.2 Å². The normalized spacial score (nSPS) is 27.9. The minimum Gasteiger partial charge on any atom is -0.352 e. The monoisotopic (exact) mass is 436 g/mol. The van der Waals surface area contributed by atoms with Crippen molar-refractivity contribution in [2.75, 3.05) is 32.7 Å². The van der Waals surface area contributed by atoms with Gasteiger partial charge in [-0.2, -0.15) is 0 Å². The van der Waals surface area contributed by atoms with Crippen LogP contribution in [0.2, 0.25) is 0 Å². The highest BCUT2D eigenvalue weighted by Gasteiger charge is 2.39. The van der Waals surface area contributed by atoms with E-state index in [4.69, 9.17) is 5.73 Å². The molecule has 6 nitrogen and oxygen atoms in total.